The molecule has 2 rings (SSSR count). The first-order valence-electron chi connectivity index (χ1n) is 6.55. The largest absolute Gasteiger partial charge is 0.396 e. The summed E-state index contributed by atoms with van der Waals surface area (Å²) in [6, 6.07) is 2.77. The molecule has 1 aliphatic rings. The second-order valence-corrected chi connectivity index (χ2v) is 4.76. The van der Waals surface area contributed by atoms with Gasteiger partial charge in [0.2, 0.25) is 0 Å². The molecule has 0 bridgehead atoms. The van der Waals surface area contributed by atoms with Crippen molar-refractivity contribution in [3.63, 3.8) is 0 Å². The standard InChI is InChI=1S/C13H22N2O/c16-11-5-4-6-12-9-10-15(14-12)13-7-2-1-3-8-13/h9-10,13,16H,1-8,11H2. The van der Waals surface area contributed by atoms with Crippen molar-refractivity contribution in [3.8, 4) is 0 Å². The number of unbranched alkanes of at least 4 members (excludes halogenated alkanes) is 1. The number of aliphatic hydroxyl groups excluding tert-OH is 1. The monoisotopic (exact) mass is 222 g/mol. The molecule has 1 saturated carbocycles. The Hall–Kier alpha value is -0.830. The van der Waals surface area contributed by atoms with E-state index < -0.39 is 0 Å². The highest BCUT2D eigenvalue weighted by atomic mass is 16.2. The first kappa shape index (κ1) is 11.6. The zero-order chi connectivity index (χ0) is 11.2. The van der Waals surface area contributed by atoms with Crippen LogP contribution in [0.1, 0.15) is 56.7 Å². The van der Waals surface area contributed by atoms with E-state index in [9.17, 15) is 0 Å². The third-order valence-electron chi connectivity index (χ3n) is 3.45. The highest BCUT2D eigenvalue weighted by Gasteiger charge is 2.15. The van der Waals surface area contributed by atoms with Crippen molar-refractivity contribution in [1.82, 2.24) is 9.78 Å². The quantitative estimate of drug-likeness (QED) is 0.778. The fraction of sp³-hybridized carbons (Fsp3) is 0.769. The van der Waals surface area contributed by atoms with Gasteiger partial charge in [0.15, 0.2) is 0 Å². The lowest BCUT2D eigenvalue weighted by Crippen LogP contribution is -2.13. The summed E-state index contributed by atoms with van der Waals surface area (Å²) in [4.78, 5) is 0. The van der Waals surface area contributed by atoms with Gasteiger partial charge in [-0.2, -0.15) is 5.10 Å². The Morgan fingerprint density at radius 2 is 2.06 bits per heavy atom. The zero-order valence-corrected chi connectivity index (χ0v) is 9.94. The number of hydrogen-bond acceptors (Lipinski definition) is 2. The minimum Gasteiger partial charge on any atom is -0.396 e. The molecule has 16 heavy (non-hydrogen) atoms. The van der Waals surface area contributed by atoms with Crippen LogP contribution in [0.15, 0.2) is 12.3 Å². The molecule has 0 saturated heterocycles. The van der Waals surface area contributed by atoms with Crippen LogP contribution in [0.25, 0.3) is 0 Å². The third kappa shape index (κ3) is 3.08. The van der Waals surface area contributed by atoms with Gasteiger partial charge in [-0.3, -0.25) is 4.68 Å². The number of aliphatic hydroxyl groups is 1. The lowest BCUT2D eigenvalue weighted by atomic mass is 9.96. The molecule has 0 aromatic carbocycles. The number of aryl methyl sites for hydroxylation is 1. The van der Waals surface area contributed by atoms with Crippen molar-refractivity contribution in [1.29, 1.82) is 0 Å². The molecule has 3 heteroatoms. The van der Waals surface area contributed by atoms with Gasteiger partial charge in [0.05, 0.1) is 11.7 Å². The zero-order valence-electron chi connectivity index (χ0n) is 9.94. The highest BCUT2D eigenvalue weighted by molar-refractivity contribution is 5.00. The van der Waals surface area contributed by atoms with Crippen LogP contribution in [0.5, 0.6) is 0 Å². The lowest BCUT2D eigenvalue weighted by molar-refractivity contribution is 0.284. The molecule has 0 aliphatic heterocycles. The summed E-state index contributed by atoms with van der Waals surface area (Å²) in [5, 5.41) is 13.4. The second-order valence-electron chi connectivity index (χ2n) is 4.76. The summed E-state index contributed by atoms with van der Waals surface area (Å²) in [6.45, 7) is 0.295. The summed E-state index contributed by atoms with van der Waals surface area (Å²) in [7, 11) is 0. The van der Waals surface area contributed by atoms with Crippen molar-refractivity contribution < 1.29 is 5.11 Å². The summed E-state index contributed by atoms with van der Waals surface area (Å²) >= 11 is 0. The van der Waals surface area contributed by atoms with E-state index in [0.717, 1.165) is 19.3 Å². The van der Waals surface area contributed by atoms with E-state index in [4.69, 9.17) is 5.11 Å². The fourth-order valence-electron chi connectivity index (χ4n) is 2.48. The minimum absolute atomic E-state index is 0.295. The van der Waals surface area contributed by atoms with Gasteiger partial charge in [0.25, 0.3) is 0 Å². The Balaban J connectivity index is 1.85. The van der Waals surface area contributed by atoms with E-state index >= 15 is 0 Å². The molecule has 0 radical (unpaired) electrons. The van der Waals surface area contributed by atoms with E-state index in [1.165, 1.54) is 37.8 Å². The highest BCUT2D eigenvalue weighted by Crippen LogP contribution is 2.27. The average Bonchev–Trinajstić information content (AvgIpc) is 2.79. The predicted octanol–water partition coefficient (Wildman–Crippen LogP) is 2.70. The van der Waals surface area contributed by atoms with Crippen molar-refractivity contribution in [2.45, 2.75) is 57.4 Å². The summed E-state index contributed by atoms with van der Waals surface area (Å²) in [5.74, 6) is 0. The van der Waals surface area contributed by atoms with Crippen molar-refractivity contribution in [2.24, 2.45) is 0 Å². The maximum Gasteiger partial charge on any atom is 0.0624 e. The van der Waals surface area contributed by atoms with E-state index in [2.05, 4.69) is 22.0 Å². The van der Waals surface area contributed by atoms with Crippen LogP contribution in [0, 0.1) is 0 Å². The molecule has 1 fully saturated rings. The van der Waals surface area contributed by atoms with Crippen LogP contribution < -0.4 is 0 Å². The van der Waals surface area contributed by atoms with Gasteiger partial charge in [-0.1, -0.05) is 19.3 Å². The van der Waals surface area contributed by atoms with Gasteiger partial charge in [-0.05, 0) is 38.2 Å². The van der Waals surface area contributed by atoms with Crippen molar-refractivity contribution in [2.75, 3.05) is 6.61 Å². The Morgan fingerprint density at radius 3 is 2.81 bits per heavy atom. The van der Waals surface area contributed by atoms with Gasteiger partial charge in [0.1, 0.15) is 0 Å². The number of hydrogen-bond donors (Lipinski definition) is 1. The van der Waals surface area contributed by atoms with E-state index in [0.29, 0.717) is 12.6 Å². The molecular formula is C13H22N2O. The summed E-state index contributed by atoms with van der Waals surface area (Å²) < 4.78 is 2.16. The number of aromatic nitrogens is 2. The third-order valence-corrected chi connectivity index (χ3v) is 3.45. The maximum atomic E-state index is 8.73. The minimum atomic E-state index is 0.295. The van der Waals surface area contributed by atoms with Gasteiger partial charge in [-0.25, -0.2) is 0 Å². The molecule has 90 valence electrons. The van der Waals surface area contributed by atoms with Gasteiger partial charge < -0.3 is 5.11 Å². The van der Waals surface area contributed by atoms with Crippen LogP contribution in [0.2, 0.25) is 0 Å². The molecule has 1 N–H and O–H groups in total. The SMILES string of the molecule is OCCCCc1ccn(C2CCCCC2)n1. The molecule has 0 amide bonds. The summed E-state index contributed by atoms with van der Waals surface area (Å²) in [5.41, 5.74) is 1.18. The van der Waals surface area contributed by atoms with Gasteiger partial charge in [-0.15, -0.1) is 0 Å². The lowest BCUT2D eigenvalue weighted by Gasteiger charge is -2.21. The summed E-state index contributed by atoms with van der Waals surface area (Å²) in [6.07, 6.45) is 11.7. The maximum absolute atomic E-state index is 8.73. The van der Waals surface area contributed by atoms with Crippen LogP contribution in [-0.4, -0.2) is 21.5 Å². The predicted molar refractivity (Wildman–Crippen MR) is 64.4 cm³/mol. The number of rotatable bonds is 5. The average molecular weight is 222 g/mol. The second kappa shape index (κ2) is 6.04. The topological polar surface area (TPSA) is 38.0 Å². The molecule has 1 heterocycles. The Labute approximate surface area is 97.5 Å². The molecule has 3 nitrogen and oxygen atoms in total. The van der Waals surface area contributed by atoms with Crippen molar-refractivity contribution in [3.05, 3.63) is 18.0 Å². The van der Waals surface area contributed by atoms with Gasteiger partial charge >= 0.3 is 0 Å². The molecule has 0 atom stereocenters. The molecular weight excluding hydrogens is 200 g/mol. The Morgan fingerprint density at radius 1 is 1.25 bits per heavy atom. The first-order chi connectivity index (χ1) is 7.90. The van der Waals surface area contributed by atoms with E-state index in [1.54, 1.807) is 0 Å². The van der Waals surface area contributed by atoms with Crippen LogP contribution in [0.4, 0.5) is 0 Å². The molecule has 0 spiro atoms. The normalized spacial score (nSPS) is 17.8. The number of nitrogens with zero attached hydrogens (tertiary/aromatic N) is 2. The smallest absolute Gasteiger partial charge is 0.0624 e. The van der Waals surface area contributed by atoms with Gasteiger partial charge in [0, 0.05) is 12.8 Å². The molecule has 1 aliphatic carbocycles. The fourth-order valence-corrected chi connectivity index (χ4v) is 2.48. The van der Waals surface area contributed by atoms with E-state index in [1.807, 2.05) is 0 Å². The molecule has 1 aromatic heterocycles. The first-order valence-corrected chi connectivity index (χ1v) is 6.55. The molecule has 0 unspecified atom stereocenters. The Bertz CT molecular complexity index is 303. The van der Waals surface area contributed by atoms with Crippen LogP contribution in [-0.2, 0) is 6.42 Å². The van der Waals surface area contributed by atoms with Crippen LogP contribution >= 0.6 is 0 Å². The van der Waals surface area contributed by atoms with E-state index in [-0.39, 0.29) is 0 Å². The van der Waals surface area contributed by atoms with Crippen molar-refractivity contribution >= 4 is 0 Å². The van der Waals surface area contributed by atoms with Crippen LogP contribution in [0.3, 0.4) is 0 Å². The molecule has 1 aromatic rings. The Kier molecular flexibility index (Phi) is 4.40.